The molecule has 1 N–H and O–H groups in total. The molecule has 3 heterocycles. The van der Waals surface area contributed by atoms with Gasteiger partial charge in [0.2, 0.25) is 0 Å². The number of benzene rings is 3. The molecule has 3 aromatic carbocycles. The molecule has 12 heteroatoms. The van der Waals surface area contributed by atoms with E-state index >= 15 is 0 Å². The molecule has 1 amide bonds. The number of nitrogens with zero attached hydrogens (tertiary/aromatic N) is 5. The molecule has 0 bridgehead atoms. The topological polar surface area (TPSA) is 106 Å². The highest BCUT2D eigenvalue weighted by atomic mass is 32.1. The zero-order valence-electron chi connectivity index (χ0n) is 25.2. The van der Waals surface area contributed by atoms with Crippen molar-refractivity contribution in [1.82, 2.24) is 24.6 Å². The van der Waals surface area contributed by atoms with Crippen molar-refractivity contribution in [1.29, 1.82) is 5.26 Å². The SMILES string of the molecule is CC(NC(=O)/C(C#N)=c1\s/c(=C/c2cn(-c3ccccc3)nc2-c2cccnc2)c(=O)n1-c1ccccc1C(F)(F)F)c1ccccc1. The number of nitrogens with one attached hydrogen (secondary N) is 1. The van der Waals surface area contributed by atoms with Crippen LogP contribution in [0.3, 0.4) is 0 Å². The van der Waals surface area contributed by atoms with Crippen molar-refractivity contribution in [3.8, 4) is 28.7 Å². The summed E-state index contributed by atoms with van der Waals surface area (Å²) in [5.74, 6) is -0.840. The van der Waals surface area contributed by atoms with E-state index in [4.69, 9.17) is 5.10 Å². The monoisotopic (exact) mass is 662 g/mol. The van der Waals surface area contributed by atoms with Gasteiger partial charge >= 0.3 is 6.18 Å². The van der Waals surface area contributed by atoms with Gasteiger partial charge in [0.05, 0.1) is 27.5 Å². The average molecular weight is 663 g/mol. The lowest BCUT2D eigenvalue weighted by Crippen LogP contribution is -2.35. The molecule has 6 aromatic rings. The van der Waals surface area contributed by atoms with Crippen LogP contribution in [0, 0.1) is 11.3 Å². The minimum Gasteiger partial charge on any atom is -0.345 e. The van der Waals surface area contributed by atoms with E-state index in [-0.39, 0.29) is 9.20 Å². The van der Waals surface area contributed by atoms with E-state index < -0.39 is 40.5 Å². The highest BCUT2D eigenvalue weighted by Crippen LogP contribution is 2.33. The number of carbonyl (C=O) groups is 1. The maximum absolute atomic E-state index is 14.3. The quantitative estimate of drug-likeness (QED) is 0.242. The molecule has 8 nitrogen and oxygen atoms in total. The van der Waals surface area contributed by atoms with E-state index in [0.717, 1.165) is 39.3 Å². The van der Waals surface area contributed by atoms with Crippen LogP contribution in [0.2, 0.25) is 0 Å². The van der Waals surface area contributed by atoms with Crippen molar-refractivity contribution in [3.05, 3.63) is 152 Å². The molecular weight excluding hydrogens is 637 g/mol. The summed E-state index contributed by atoms with van der Waals surface area (Å²) < 4.78 is 44.9. The number of amides is 1. The van der Waals surface area contributed by atoms with Crippen molar-refractivity contribution >= 4 is 28.9 Å². The molecule has 238 valence electrons. The molecular formula is C36H25F3N6O2S. The number of alkyl halides is 3. The van der Waals surface area contributed by atoms with E-state index in [0.29, 0.717) is 16.8 Å². The normalized spacial score (nSPS) is 13.1. The molecule has 1 atom stereocenters. The summed E-state index contributed by atoms with van der Waals surface area (Å²) in [4.78, 5) is 31.9. The number of rotatable bonds is 7. The predicted octanol–water partition coefficient (Wildman–Crippen LogP) is 5.55. The zero-order valence-corrected chi connectivity index (χ0v) is 26.0. The molecule has 0 saturated carbocycles. The Labute approximate surface area is 276 Å². The number of hydrogen-bond donors (Lipinski definition) is 1. The third-order valence-corrected chi connectivity index (χ3v) is 8.55. The van der Waals surface area contributed by atoms with Gasteiger partial charge in [0.15, 0.2) is 5.57 Å². The van der Waals surface area contributed by atoms with Crippen LogP contribution in [-0.2, 0) is 11.0 Å². The first-order chi connectivity index (χ1) is 23.2. The summed E-state index contributed by atoms with van der Waals surface area (Å²) in [7, 11) is 0. The summed E-state index contributed by atoms with van der Waals surface area (Å²) in [6.45, 7) is 1.71. The highest BCUT2D eigenvalue weighted by molar-refractivity contribution is 7.07. The van der Waals surface area contributed by atoms with Gasteiger partial charge in [0.1, 0.15) is 16.4 Å². The van der Waals surface area contributed by atoms with Crippen molar-refractivity contribution in [3.63, 3.8) is 0 Å². The Balaban J connectivity index is 1.61. The number of hydrogen-bond acceptors (Lipinski definition) is 6. The summed E-state index contributed by atoms with van der Waals surface area (Å²) in [6, 6.07) is 27.6. The van der Waals surface area contributed by atoms with Gasteiger partial charge in [0.25, 0.3) is 11.5 Å². The summed E-state index contributed by atoms with van der Waals surface area (Å²) >= 11 is 0.743. The lowest BCUT2D eigenvalue weighted by Gasteiger charge is -2.15. The van der Waals surface area contributed by atoms with Crippen LogP contribution in [0.5, 0.6) is 0 Å². The lowest BCUT2D eigenvalue weighted by atomic mass is 10.1. The number of thiazole rings is 1. The van der Waals surface area contributed by atoms with Gasteiger partial charge in [-0.1, -0.05) is 60.7 Å². The van der Waals surface area contributed by atoms with Crippen LogP contribution in [0.15, 0.2) is 120 Å². The van der Waals surface area contributed by atoms with Crippen molar-refractivity contribution in [2.75, 3.05) is 0 Å². The van der Waals surface area contributed by atoms with Crippen molar-refractivity contribution in [2.24, 2.45) is 0 Å². The largest absolute Gasteiger partial charge is 0.418 e. The standard InChI is InChI=1S/C36H25F3N6O2S/c1-23(24-11-4-2-5-12-24)42-33(46)28(20-40)35-45(30-17-9-8-16-29(30)36(37,38)39)34(47)31(48-35)19-26-22-44(27-14-6-3-7-15-27)43-32(26)25-13-10-18-41-21-25/h2-19,21-23H,1H3,(H,42,46)/b31-19+,35-28-. The molecule has 0 saturated heterocycles. The second-order valence-corrected chi connectivity index (χ2v) is 11.6. The molecule has 0 aliphatic rings. The Morgan fingerprint density at radius 3 is 2.33 bits per heavy atom. The third-order valence-electron chi connectivity index (χ3n) is 7.46. The molecule has 0 spiro atoms. The predicted molar refractivity (Wildman–Crippen MR) is 177 cm³/mol. The van der Waals surface area contributed by atoms with Crippen LogP contribution in [0.4, 0.5) is 13.2 Å². The number of carbonyl (C=O) groups excluding carboxylic acids is 1. The van der Waals surface area contributed by atoms with Gasteiger partial charge in [-0.25, -0.2) is 4.68 Å². The molecule has 0 radical (unpaired) electrons. The fourth-order valence-electron chi connectivity index (χ4n) is 5.14. The Morgan fingerprint density at radius 1 is 0.979 bits per heavy atom. The first-order valence-corrected chi connectivity index (χ1v) is 15.4. The van der Waals surface area contributed by atoms with E-state index in [1.807, 2.05) is 42.5 Å². The number of para-hydroxylation sites is 2. The Hall–Kier alpha value is -6.06. The number of pyridine rings is 1. The molecule has 0 fully saturated rings. The first-order valence-electron chi connectivity index (χ1n) is 14.6. The maximum Gasteiger partial charge on any atom is 0.418 e. The van der Waals surface area contributed by atoms with Crippen LogP contribution >= 0.6 is 11.3 Å². The number of halogens is 3. The molecule has 3 aromatic heterocycles. The number of aromatic nitrogens is 4. The lowest BCUT2D eigenvalue weighted by molar-refractivity contribution is -0.137. The highest BCUT2D eigenvalue weighted by Gasteiger charge is 2.34. The van der Waals surface area contributed by atoms with Crippen LogP contribution in [-0.4, -0.2) is 25.2 Å². The second kappa shape index (κ2) is 13.4. The van der Waals surface area contributed by atoms with Crippen molar-refractivity contribution < 1.29 is 18.0 Å². The van der Waals surface area contributed by atoms with Gasteiger partial charge in [-0.2, -0.15) is 23.5 Å². The smallest absolute Gasteiger partial charge is 0.345 e. The average Bonchev–Trinajstić information content (AvgIpc) is 3.66. The van der Waals surface area contributed by atoms with E-state index in [1.165, 1.54) is 18.2 Å². The van der Waals surface area contributed by atoms with Crippen LogP contribution in [0.25, 0.3) is 34.3 Å². The first kappa shape index (κ1) is 31.9. The Kier molecular flexibility index (Phi) is 8.87. The van der Waals surface area contributed by atoms with Crippen molar-refractivity contribution in [2.45, 2.75) is 19.1 Å². The Bertz CT molecular complexity index is 2330. The maximum atomic E-state index is 14.3. The summed E-state index contributed by atoms with van der Waals surface area (Å²) in [5, 5.41) is 17.7. The molecule has 0 aliphatic carbocycles. The number of nitriles is 1. The summed E-state index contributed by atoms with van der Waals surface area (Å²) in [6.07, 6.45) is 1.56. The fraction of sp³-hybridized carbons (Fsp3) is 0.0833. The van der Waals surface area contributed by atoms with Gasteiger partial charge in [0, 0.05) is 29.7 Å². The van der Waals surface area contributed by atoms with Crippen LogP contribution < -0.4 is 20.1 Å². The zero-order chi connectivity index (χ0) is 33.8. The fourth-order valence-corrected chi connectivity index (χ4v) is 6.23. The molecule has 1 unspecified atom stereocenters. The van der Waals surface area contributed by atoms with Gasteiger partial charge in [-0.3, -0.25) is 19.1 Å². The van der Waals surface area contributed by atoms with E-state index in [9.17, 15) is 28.0 Å². The van der Waals surface area contributed by atoms with E-state index in [2.05, 4.69) is 10.3 Å². The van der Waals surface area contributed by atoms with E-state index in [1.54, 1.807) is 66.6 Å². The van der Waals surface area contributed by atoms with Gasteiger partial charge in [-0.15, -0.1) is 11.3 Å². The molecule has 48 heavy (non-hydrogen) atoms. The minimum atomic E-state index is -4.83. The molecule has 0 aliphatic heterocycles. The minimum absolute atomic E-state index is 0.0172. The van der Waals surface area contributed by atoms with Crippen LogP contribution in [0.1, 0.15) is 29.7 Å². The molecule has 6 rings (SSSR count). The summed E-state index contributed by atoms with van der Waals surface area (Å²) in [5.41, 5.74) is 0.0899. The van der Waals surface area contributed by atoms with Gasteiger partial charge < -0.3 is 5.32 Å². The Morgan fingerprint density at radius 2 is 1.67 bits per heavy atom. The third kappa shape index (κ3) is 6.44. The second-order valence-electron chi connectivity index (χ2n) is 10.6. The van der Waals surface area contributed by atoms with Gasteiger partial charge in [-0.05, 0) is 55.0 Å².